The minimum atomic E-state index is -0.0313. The summed E-state index contributed by atoms with van der Waals surface area (Å²) in [6, 6.07) is 0. The number of carbonyl (C=O) groups excluding carboxylic acids is 1. The fraction of sp³-hybridized carbons (Fsp3) is 0.375. The molecule has 1 rings (SSSR count). The van der Waals surface area contributed by atoms with Crippen LogP contribution in [0, 0.1) is 0 Å². The molecule has 60 valence electrons. The highest BCUT2D eigenvalue weighted by molar-refractivity contribution is 5.75. The van der Waals surface area contributed by atoms with E-state index >= 15 is 0 Å². The lowest BCUT2D eigenvalue weighted by atomic mass is 10.3. The van der Waals surface area contributed by atoms with Crippen LogP contribution in [0.15, 0.2) is 24.0 Å². The van der Waals surface area contributed by atoms with Crippen molar-refractivity contribution < 1.29 is 4.79 Å². The van der Waals surface area contributed by atoms with Gasteiger partial charge in [0, 0.05) is 26.7 Å². The van der Waals surface area contributed by atoms with Crippen LogP contribution in [0.3, 0.4) is 0 Å². The Morgan fingerprint density at radius 3 is 3.00 bits per heavy atom. The number of nitrogens with zero attached hydrogens (tertiary/aromatic N) is 1. The third kappa shape index (κ3) is 2.45. The van der Waals surface area contributed by atoms with Gasteiger partial charge in [0.15, 0.2) is 0 Å². The summed E-state index contributed by atoms with van der Waals surface area (Å²) in [6.45, 7) is 2.41. The number of likely N-dealkylation sites (N-methyl/N-ethyl adjacent to an activating group) is 1. The van der Waals surface area contributed by atoms with E-state index in [-0.39, 0.29) is 5.91 Å². The Morgan fingerprint density at radius 2 is 2.45 bits per heavy atom. The topological polar surface area (TPSA) is 32.3 Å². The summed E-state index contributed by atoms with van der Waals surface area (Å²) in [4.78, 5) is 12.6. The van der Waals surface area contributed by atoms with E-state index in [2.05, 4.69) is 5.32 Å². The maximum atomic E-state index is 10.6. The molecular weight excluding hydrogens is 140 g/mol. The van der Waals surface area contributed by atoms with Crippen LogP contribution in [0.5, 0.6) is 0 Å². The van der Waals surface area contributed by atoms with Gasteiger partial charge in [0.05, 0.1) is 5.70 Å². The van der Waals surface area contributed by atoms with E-state index in [0.29, 0.717) is 0 Å². The fourth-order valence-corrected chi connectivity index (χ4v) is 0.956. The number of allylic oxidation sites excluding steroid dienone is 1. The molecule has 0 unspecified atom stereocenters. The third-order valence-corrected chi connectivity index (χ3v) is 1.37. The van der Waals surface area contributed by atoms with Crippen molar-refractivity contribution in [2.75, 3.05) is 13.6 Å². The fourth-order valence-electron chi connectivity index (χ4n) is 0.956. The van der Waals surface area contributed by atoms with E-state index in [4.69, 9.17) is 0 Å². The molecular formula is C8H12N2O. The number of amides is 1. The molecule has 0 atom stereocenters. The molecule has 1 amide bonds. The first-order valence-electron chi connectivity index (χ1n) is 3.54. The lowest BCUT2D eigenvalue weighted by molar-refractivity contribution is -0.118. The average molecular weight is 152 g/mol. The smallest absolute Gasteiger partial charge is 0.221 e. The van der Waals surface area contributed by atoms with Crippen LogP contribution in [0.4, 0.5) is 0 Å². The molecule has 3 heteroatoms. The minimum absolute atomic E-state index is 0.0313. The zero-order valence-corrected chi connectivity index (χ0v) is 6.79. The monoisotopic (exact) mass is 152 g/mol. The molecule has 3 nitrogen and oxygen atoms in total. The second-order valence-corrected chi connectivity index (χ2v) is 2.61. The molecule has 0 aromatic heterocycles. The van der Waals surface area contributed by atoms with Gasteiger partial charge < -0.3 is 10.2 Å². The first-order chi connectivity index (χ1) is 5.18. The van der Waals surface area contributed by atoms with Gasteiger partial charge >= 0.3 is 0 Å². The van der Waals surface area contributed by atoms with Crippen LogP contribution < -0.4 is 5.32 Å². The molecule has 0 radical (unpaired) electrons. The molecule has 11 heavy (non-hydrogen) atoms. The van der Waals surface area contributed by atoms with Gasteiger partial charge in [-0.3, -0.25) is 4.79 Å². The Bertz CT molecular complexity index is 218. The van der Waals surface area contributed by atoms with Crippen LogP contribution in [0.1, 0.15) is 6.92 Å². The van der Waals surface area contributed by atoms with Gasteiger partial charge in [-0.15, -0.1) is 0 Å². The van der Waals surface area contributed by atoms with Gasteiger partial charge in [-0.1, -0.05) is 6.08 Å². The second-order valence-electron chi connectivity index (χ2n) is 2.61. The third-order valence-electron chi connectivity index (χ3n) is 1.37. The molecule has 1 heterocycles. The maximum absolute atomic E-state index is 10.6. The van der Waals surface area contributed by atoms with E-state index in [1.165, 1.54) is 6.92 Å². The minimum Gasteiger partial charge on any atom is -0.375 e. The van der Waals surface area contributed by atoms with Crippen LogP contribution in [-0.4, -0.2) is 24.4 Å². The van der Waals surface area contributed by atoms with Crippen molar-refractivity contribution >= 4 is 5.91 Å². The first-order valence-corrected chi connectivity index (χ1v) is 3.54. The summed E-state index contributed by atoms with van der Waals surface area (Å²) < 4.78 is 0. The lowest BCUT2D eigenvalue weighted by Gasteiger charge is -2.17. The van der Waals surface area contributed by atoms with Crippen LogP contribution in [0.2, 0.25) is 0 Å². The lowest BCUT2D eigenvalue weighted by Crippen LogP contribution is -2.24. The Balaban J connectivity index is 2.57. The molecule has 0 spiro atoms. The van der Waals surface area contributed by atoms with Gasteiger partial charge in [-0.2, -0.15) is 0 Å². The second kappa shape index (κ2) is 3.23. The number of hydrogen-bond donors (Lipinski definition) is 1. The Morgan fingerprint density at radius 1 is 1.73 bits per heavy atom. The summed E-state index contributed by atoms with van der Waals surface area (Å²) in [5.41, 5.74) is 0.853. The SMILES string of the molecule is CC(=O)NC1=CN(C)CC=C1. The normalized spacial score (nSPS) is 16.2. The first kappa shape index (κ1) is 7.85. The van der Waals surface area contributed by atoms with Crippen molar-refractivity contribution in [2.24, 2.45) is 0 Å². The van der Waals surface area contributed by atoms with E-state index in [0.717, 1.165) is 12.2 Å². The maximum Gasteiger partial charge on any atom is 0.221 e. The molecule has 1 N–H and O–H groups in total. The van der Waals surface area contributed by atoms with Crippen molar-refractivity contribution in [2.45, 2.75) is 6.92 Å². The Hall–Kier alpha value is -1.25. The van der Waals surface area contributed by atoms with Crippen molar-refractivity contribution in [3.05, 3.63) is 24.0 Å². The van der Waals surface area contributed by atoms with E-state index in [1.807, 2.05) is 30.3 Å². The Kier molecular flexibility index (Phi) is 2.31. The Labute approximate surface area is 66.4 Å². The number of hydrogen-bond acceptors (Lipinski definition) is 2. The molecule has 1 aliphatic heterocycles. The van der Waals surface area contributed by atoms with Crippen molar-refractivity contribution in [1.82, 2.24) is 10.2 Å². The van der Waals surface area contributed by atoms with E-state index in [9.17, 15) is 4.79 Å². The molecule has 0 aromatic carbocycles. The van der Waals surface area contributed by atoms with E-state index < -0.39 is 0 Å². The van der Waals surface area contributed by atoms with Gasteiger partial charge in [0.25, 0.3) is 0 Å². The summed E-state index contributed by atoms with van der Waals surface area (Å²) in [7, 11) is 1.96. The molecule has 0 saturated heterocycles. The number of carbonyl (C=O) groups is 1. The molecule has 0 aliphatic carbocycles. The highest BCUT2D eigenvalue weighted by atomic mass is 16.1. The van der Waals surface area contributed by atoms with Crippen molar-refractivity contribution in [3.63, 3.8) is 0 Å². The molecule has 0 bridgehead atoms. The van der Waals surface area contributed by atoms with Crippen LogP contribution >= 0.6 is 0 Å². The van der Waals surface area contributed by atoms with Crippen LogP contribution in [-0.2, 0) is 4.79 Å². The summed E-state index contributed by atoms with van der Waals surface area (Å²) in [5, 5.41) is 2.71. The quantitative estimate of drug-likeness (QED) is 0.592. The van der Waals surface area contributed by atoms with Gasteiger partial charge in [-0.05, 0) is 6.08 Å². The summed E-state index contributed by atoms with van der Waals surface area (Å²) in [5.74, 6) is -0.0313. The average Bonchev–Trinajstić information content (AvgIpc) is 1.85. The van der Waals surface area contributed by atoms with Gasteiger partial charge in [0.2, 0.25) is 5.91 Å². The zero-order chi connectivity index (χ0) is 8.27. The summed E-state index contributed by atoms with van der Waals surface area (Å²) in [6.07, 6.45) is 5.81. The highest BCUT2D eigenvalue weighted by Crippen LogP contribution is 2.01. The highest BCUT2D eigenvalue weighted by Gasteiger charge is 2.00. The summed E-state index contributed by atoms with van der Waals surface area (Å²) >= 11 is 0. The molecule has 1 aliphatic rings. The standard InChI is InChI=1S/C8H12N2O/c1-7(11)9-8-4-3-5-10(2)6-8/h3-4,6H,5H2,1-2H3,(H,9,11). The van der Waals surface area contributed by atoms with Crippen molar-refractivity contribution in [1.29, 1.82) is 0 Å². The van der Waals surface area contributed by atoms with E-state index in [1.54, 1.807) is 0 Å². The molecule has 0 aromatic rings. The molecule has 0 fully saturated rings. The van der Waals surface area contributed by atoms with Gasteiger partial charge in [0.1, 0.15) is 0 Å². The van der Waals surface area contributed by atoms with Gasteiger partial charge in [-0.25, -0.2) is 0 Å². The molecule has 0 saturated carbocycles. The zero-order valence-electron chi connectivity index (χ0n) is 6.79. The number of rotatable bonds is 1. The largest absolute Gasteiger partial charge is 0.375 e. The van der Waals surface area contributed by atoms with Crippen molar-refractivity contribution in [3.8, 4) is 0 Å². The predicted molar refractivity (Wildman–Crippen MR) is 43.7 cm³/mol. The van der Waals surface area contributed by atoms with Crippen LogP contribution in [0.25, 0.3) is 0 Å². The predicted octanol–water partition coefficient (Wildman–Crippen LogP) is 0.466. The number of nitrogens with one attached hydrogen (secondary N) is 1.